The molecule has 0 saturated heterocycles. The fourth-order valence-corrected chi connectivity index (χ4v) is 1.59. The summed E-state index contributed by atoms with van der Waals surface area (Å²) < 4.78 is 1.73. The monoisotopic (exact) mass is 179 g/mol. The van der Waals surface area contributed by atoms with Gasteiger partial charge in [0.15, 0.2) is 11.6 Å². The van der Waals surface area contributed by atoms with Crippen LogP contribution in [-0.2, 0) is 6.54 Å². The zero-order chi connectivity index (χ0) is 9.26. The first-order valence-electron chi connectivity index (χ1n) is 4.66. The van der Waals surface area contributed by atoms with Crippen LogP contribution in [-0.4, -0.2) is 20.5 Å². The molecule has 0 N–H and O–H groups in total. The highest BCUT2D eigenvalue weighted by molar-refractivity contribution is 5.90. The molecule has 1 fully saturated rings. The number of hydrogen-bond acceptors (Lipinski definition) is 3. The van der Waals surface area contributed by atoms with Crippen LogP contribution in [0.4, 0.5) is 0 Å². The highest BCUT2D eigenvalue weighted by atomic mass is 16.1. The number of hydrogen-bond donors (Lipinski definition) is 0. The van der Waals surface area contributed by atoms with E-state index in [0.717, 1.165) is 6.54 Å². The minimum atomic E-state index is -0.00294. The molecule has 1 aliphatic rings. The Morgan fingerprint density at radius 3 is 3.00 bits per heavy atom. The summed E-state index contributed by atoms with van der Waals surface area (Å²) in [7, 11) is 0. The number of rotatable bonds is 3. The van der Waals surface area contributed by atoms with Crippen molar-refractivity contribution in [3.8, 4) is 0 Å². The van der Waals surface area contributed by atoms with Gasteiger partial charge in [0, 0.05) is 13.5 Å². The van der Waals surface area contributed by atoms with Gasteiger partial charge in [-0.25, -0.2) is 9.67 Å². The lowest BCUT2D eigenvalue weighted by Gasteiger charge is -2.25. The molecule has 1 aliphatic carbocycles. The van der Waals surface area contributed by atoms with Crippen molar-refractivity contribution < 1.29 is 4.79 Å². The third-order valence-corrected chi connectivity index (χ3v) is 2.59. The molecule has 0 unspecified atom stereocenters. The second-order valence-electron chi connectivity index (χ2n) is 3.62. The van der Waals surface area contributed by atoms with Crippen LogP contribution in [0.5, 0.6) is 0 Å². The molecule has 2 rings (SSSR count). The molecule has 1 saturated carbocycles. The van der Waals surface area contributed by atoms with Crippen molar-refractivity contribution in [2.24, 2.45) is 5.92 Å². The van der Waals surface area contributed by atoms with Crippen molar-refractivity contribution in [3.05, 3.63) is 12.2 Å². The third kappa shape index (κ3) is 1.61. The van der Waals surface area contributed by atoms with E-state index in [1.165, 1.54) is 32.5 Å². The van der Waals surface area contributed by atoms with E-state index in [-0.39, 0.29) is 5.78 Å². The summed E-state index contributed by atoms with van der Waals surface area (Å²) in [5.41, 5.74) is 0. The van der Waals surface area contributed by atoms with Gasteiger partial charge in [-0.05, 0) is 18.8 Å². The second-order valence-corrected chi connectivity index (χ2v) is 3.62. The highest BCUT2D eigenvalue weighted by Gasteiger charge is 2.20. The summed E-state index contributed by atoms with van der Waals surface area (Å²) in [6, 6.07) is 0. The summed E-state index contributed by atoms with van der Waals surface area (Å²) in [4.78, 5) is 15.0. The SMILES string of the molecule is CC(=O)c1ncnn1CC1CCC1. The Labute approximate surface area is 77.0 Å². The molecule has 1 aromatic rings. The third-order valence-electron chi connectivity index (χ3n) is 2.59. The van der Waals surface area contributed by atoms with Gasteiger partial charge in [-0.15, -0.1) is 0 Å². The van der Waals surface area contributed by atoms with Crippen molar-refractivity contribution in [1.82, 2.24) is 14.8 Å². The summed E-state index contributed by atoms with van der Waals surface area (Å²) in [5.74, 6) is 1.20. The van der Waals surface area contributed by atoms with Crippen LogP contribution in [0.25, 0.3) is 0 Å². The molecule has 70 valence electrons. The molecule has 13 heavy (non-hydrogen) atoms. The van der Waals surface area contributed by atoms with E-state index < -0.39 is 0 Å². The van der Waals surface area contributed by atoms with Crippen molar-refractivity contribution in [2.75, 3.05) is 0 Å². The molecule has 4 heteroatoms. The number of nitrogens with zero attached hydrogens (tertiary/aromatic N) is 3. The van der Waals surface area contributed by atoms with E-state index in [1.54, 1.807) is 4.68 Å². The Morgan fingerprint density at radius 1 is 1.69 bits per heavy atom. The Hall–Kier alpha value is -1.19. The van der Waals surface area contributed by atoms with Gasteiger partial charge in [-0.2, -0.15) is 5.10 Å². The Bertz CT molecular complexity index is 314. The van der Waals surface area contributed by atoms with Gasteiger partial charge in [-0.3, -0.25) is 4.79 Å². The van der Waals surface area contributed by atoms with Crippen LogP contribution >= 0.6 is 0 Å². The molecule has 0 bridgehead atoms. The maximum atomic E-state index is 11.1. The fourth-order valence-electron chi connectivity index (χ4n) is 1.59. The Balaban J connectivity index is 2.09. The van der Waals surface area contributed by atoms with Gasteiger partial charge < -0.3 is 0 Å². The summed E-state index contributed by atoms with van der Waals surface area (Å²) in [6.07, 6.45) is 5.29. The number of ketones is 1. The number of aromatic nitrogens is 3. The van der Waals surface area contributed by atoms with Gasteiger partial charge in [-0.1, -0.05) is 6.42 Å². The van der Waals surface area contributed by atoms with E-state index in [9.17, 15) is 4.79 Å². The zero-order valence-electron chi connectivity index (χ0n) is 7.73. The number of carbonyl (C=O) groups excluding carboxylic acids is 1. The van der Waals surface area contributed by atoms with Crippen LogP contribution in [0.3, 0.4) is 0 Å². The largest absolute Gasteiger partial charge is 0.291 e. The van der Waals surface area contributed by atoms with Crippen LogP contribution in [0.2, 0.25) is 0 Å². The molecular formula is C9H13N3O. The lowest BCUT2D eigenvalue weighted by Crippen LogP contribution is -2.21. The van der Waals surface area contributed by atoms with Crippen molar-refractivity contribution in [2.45, 2.75) is 32.7 Å². The Kier molecular flexibility index (Phi) is 2.12. The van der Waals surface area contributed by atoms with Crippen molar-refractivity contribution >= 4 is 5.78 Å². The summed E-state index contributed by atoms with van der Waals surface area (Å²) in [6.45, 7) is 2.39. The molecule has 1 heterocycles. The molecule has 0 atom stereocenters. The van der Waals surface area contributed by atoms with E-state index in [4.69, 9.17) is 0 Å². The first-order chi connectivity index (χ1) is 6.27. The van der Waals surface area contributed by atoms with Gasteiger partial charge >= 0.3 is 0 Å². The predicted molar refractivity (Wildman–Crippen MR) is 47.4 cm³/mol. The van der Waals surface area contributed by atoms with E-state index in [2.05, 4.69) is 10.1 Å². The molecule has 0 aromatic carbocycles. The smallest absolute Gasteiger partial charge is 0.196 e. The molecule has 0 spiro atoms. The minimum absolute atomic E-state index is 0.00294. The normalized spacial score (nSPS) is 17.0. The standard InChI is InChI=1S/C9H13N3O/c1-7(13)9-10-6-11-12(9)5-8-3-2-4-8/h6,8H,2-5H2,1H3. The molecule has 0 radical (unpaired) electrons. The predicted octanol–water partition coefficient (Wildman–Crippen LogP) is 1.28. The van der Waals surface area contributed by atoms with Crippen LogP contribution in [0.15, 0.2) is 6.33 Å². The van der Waals surface area contributed by atoms with Crippen molar-refractivity contribution in [1.29, 1.82) is 0 Å². The van der Waals surface area contributed by atoms with Gasteiger partial charge in [0.1, 0.15) is 6.33 Å². The summed E-state index contributed by atoms with van der Waals surface area (Å²) in [5, 5.41) is 4.04. The van der Waals surface area contributed by atoms with E-state index in [1.807, 2.05) is 0 Å². The van der Waals surface area contributed by atoms with Gasteiger partial charge in [0.25, 0.3) is 0 Å². The highest BCUT2D eigenvalue weighted by Crippen LogP contribution is 2.27. The number of Topliss-reactive ketones (excluding diaryl/α,β-unsaturated/α-hetero) is 1. The lowest BCUT2D eigenvalue weighted by molar-refractivity contribution is 0.0994. The lowest BCUT2D eigenvalue weighted by atomic mass is 9.85. The molecular weight excluding hydrogens is 166 g/mol. The van der Waals surface area contributed by atoms with Gasteiger partial charge in [0.2, 0.25) is 0 Å². The minimum Gasteiger partial charge on any atom is -0.291 e. The molecule has 0 amide bonds. The number of carbonyl (C=O) groups is 1. The zero-order valence-corrected chi connectivity index (χ0v) is 7.73. The molecule has 1 aromatic heterocycles. The maximum absolute atomic E-state index is 11.1. The van der Waals surface area contributed by atoms with Crippen molar-refractivity contribution in [3.63, 3.8) is 0 Å². The molecule has 0 aliphatic heterocycles. The molecule has 4 nitrogen and oxygen atoms in total. The quantitative estimate of drug-likeness (QED) is 0.657. The van der Waals surface area contributed by atoms with E-state index >= 15 is 0 Å². The maximum Gasteiger partial charge on any atom is 0.196 e. The average Bonchev–Trinajstić information content (AvgIpc) is 2.44. The van der Waals surface area contributed by atoms with Gasteiger partial charge in [0.05, 0.1) is 0 Å². The topological polar surface area (TPSA) is 47.8 Å². The Morgan fingerprint density at radius 2 is 2.46 bits per heavy atom. The van der Waals surface area contributed by atoms with E-state index in [0.29, 0.717) is 11.7 Å². The first kappa shape index (κ1) is 8.41. The average molecular weight is 179 g/mol. The first-order valence-corrected chi connectivity index (χ1v) is 4.66. The van der Waals surface area contributed by atoms with Crippen LogP contribution < -0.4 is 0 Å². The van der Waals surface area contributed by atoms with Crippen LogP contribution in [0, 0.1) is 5.92 Å². The summed E-state index contributed by atoms with van der Waals surface area (Å²) >= 11 is 0. The van der Waals surface area contributed by atoms with Crippen LogP contribution in [0.1, 0.15) is 36.8 Å². The fraction of sp³-hybridized carbons (Fsp3) is 0.667. The second kappa shape index (κ2) is 3.28.